The van der Waals surface area contributed by atoms with E-state index in [0.29, 0.717) is 13.1 Å². The molecule has 0 heterocycles. The third-order valence-corrected chi connectivity index (χ3v) is 3.38. The van der Waals surface area contributed by atoms with E-state index < -0.39 is 0 Å². The Morgan fingerprint density at radius 3 is 2.04 bits per heavy atom. The van der Waals surface area contributed by atoms with Crippen LogP contribution in [0.2, 0.25) is 0 Å². The maximum absolute atomic E-state index is 12.0. The zero-order valence-corrected chi connectivity index (χ0v) is 13.2. The number of likely N-dealkylation sites (N-methyl/N-ethyl adjacent to an activating group) is 1. The summed E-state index contributed by atoms with van der Waals surface area (Å²) in [5, 5.41) is 5.30. The molecule has 2 N–H and O–H groups in total. The van der Waals surface area contributed by atoms with Crippen LogP contribution in [0, 0.1) is 0 Å². The summed E-state index contributed by atoms with van der Waals surface area (Å²) < 4.78 is 0. The molecule has 3 amide bonds. The van der Waals surface area contributed by atoms with Gasteiger partial charge in [0.25, 0.3) is 0 Å². The maximum atomic E-state index is 12.0. The van der Waals surface area contributed by atoms with E-state index in [1.807, 2.05) is 60.7 Å². The van der Waals surface area contributed by atoms with E-state index in [9.17, 15) is 9.59 Å². The Morgan fingerprint density at radius 1 is 0.870 bits per heavy atom. The molecule has 5 heteroatoms. The molecular formula is C18H21N3O2. The number of nitrogens with zero attached hydrogens (tertiary/aromatic N) is 1. The fraction of sp³-hybridized carbons (Fsp3) is 0.222. The number of nitrogens with one attached hydrogen (secondary N) is 2. The summed E-state index contributed by atoms with van der Waals surface area (Å²) in [6.07, 6.45) is 0. The molecule has 0 radical (unpaired) electrons. The molecule has 2 aromatic carbocycles. The molecule has 0 unspecified atom stereocenters. The molecule has 120 valence electrons. The first-order chi connectivity index (χ1) is 11.1. The van der Waals surface area contributed by atoms with Crippen molar-refractivity contribution in [3.8, 4) is 0 Å². The lowest BCUT2D eigenvalue weighted by molar-refractivity contribution is -0.129. The van der Waals surface area contributed by atoms with Crippen LogP contribution >= 0.6 is 0 Å². The van der Waals surface area contributed by atoms with E-state index in [4.69, 9.17) is 0 Å². The first kappa shape index (κ1) is 16.5. The Bertz CT molecular complexity index is 629. The van der Waals surface area contributed by atoms with Gasteiger partial charge in [-0.2, -0.15) is 0 Å². The van der Waals surface area contributed by atoms with Gasteiger partial charge in [0.05, 0.1) is 6.54 Å². The van der Waals surface area contributed by atoms with Gasteiger partial charge in [-0.3, -0.25) is 4.79 Å². The lowest BCUT2D eigenvalue weighted by atomic mass is 10.2. The van der Waals surface area contributed by atoms with Gasteiger partial charge in [-0.15, -0.1) is 0 Å². The van der Waals surface area contributed by atoms with Gasteiger partial charge in [0.2, 0.25) is 5.91 Å². The second kappa shape index (κ2) is 8.58. The van der Waals surface area contributed by atoms with Crippen molar-refractivity contribution < 1.29 is 9.59 Å². The molecular weight excluding hydrogens is 290 g/mol. The normalized spacial score (nSPS) is 9.96. The standard InChI is InChI=1S/C18H21N3O2/c1-21(14-16-10-6-3-7-11-16)17(22)13-20-18(23)19-12-15-8-4-2-5-9-15/h2-11H,12-14H2,1H3,(H2,19,20,23). The van der Waals surface area contributed by atoms with Gasteiger partial charge in [0.1, 0.15) is 0 Å². The summed E-state index contributed by atoms with van der Waals surface area (Å²) in [6, 6.07) is 19.0. The Kier molecular flexibility index (Phi) is 6.17. The molecule has 5 nitrogen and oxygen atoms in total. The Balaban J connectivity index is 1.70. The van der Waals surface area contributed by atoms with Gasteiger partial charge in [-0.25, -0.2) is 4.79 Å². The minimum atomic E-state index is -0.352. The van der Waals surface area contributed by atoms with E-state index in [1.54, 1.807) is 11.9 Å². The number of urea groups is 1. The van der Waals surface area contributed by atoms with Crippen molar-refractivity contribution in [2.75, 3.05) is 13.6 Å². The van der Waals surface area contributed by atoms with Crippen LogP contribution < -0.4 is 10.6 Å². The van der Waals surface area contributed by atoms with Crippen LogP contribution in [-0.2, 0) is 17.9 Å². The van der Waals surface area contributed by atoms with Gasteiger partial charge < -0.3 is 15.5 Å². The summed E-state index contributed by atoms with van der Waals surface area (Å²) in [4.78, 5) is 25.3. The van der Waals surface area contributed by atoms with Gasteiger partial charge in [0, 0.05) is 20.1 Å². The van der Waals surface area contributed by atoms with Crippen molar-refractivity contribution in [1.29, 1.82) is 0 Å². The van der Waals surface area contributed by atoms with E-state index >= 15 is 0 Å². The zero-order valence-electron chi connectivity index (χ0n) is 13.2. The van der Waals surface area contributed by atoms with Crippen molar-refractivity contribution >= 4 is 11.9 Å². The highest BCUT2D eigenvalue weighted by atomic mass is 16.2. The largest absolute Gasteiger partial charge is 0.340 e. The van der Waals surface area contributed by atoms with E-state index in [2.05, 4.69) is 10.6 Å². The first-order valence-corrected chi connectivity index (χ1v) is 7.48. The van der Waals surface area contributed by atoms with Crippen LogP contribution in [0.15, 0.2) is 60.7 Å². The van der Waals surface area contributed by atoms with Crippen molar-refractivity contribution in [2.45, 2.75) is 13.1 Å². The van der Waals surface area contributed by atoms with Crippen LogP contribution in [0.5, 0.6) is 0 Å². The molecule has 0 spiro atoms. The number of carbonyl (C=O) groups excluding carboxylic acids is 2. The highest BCUT2D eigenvalue weighted by Crippen LogP contribution is 2.02. The van der Waals surface area contributed by atoms with Crippen molar-refractivity contribution in [3.05, 3.63) is 71.8 Å². The molecule has 0 aliphatic carbocycles. The van der Waals surface area contributed by atoms with Gasteiger partial charge in [0.15, 0.2) is 0 Å². The monoisotopic (exact) mass is 311 g/mol. The molecule has 0 aliphatic heterocycles. The average Bonchev–Trinajstić information content (AvgIpc) is 2.59. The summed E-state index contributed by atoms with van der Waals surface area (Å²) in [6.45, 7) is 0.928. The predicted molar refractivity (Wildman–Crippen MR) is 89.6 cm³/mol. The first-order valence-electron chi connectivity index (χ1n) is 7.48. The highest BCUT2D eigenvalue weighted by molar-refractivity contribution is 5.83. The highest BCUT2D eigenvalue weighted by Gasteiger charge is 2.10. The average molecular weight is 311 g/mol. The number of hydrogen-bond donors (Lipinski definition) is 2. The lowest BCUT2D eigenvalue weighted by Gasteiger charge is -2.17. The molecule has 0 aromatic heterocycles. The zero-order chi connectivity index (χ0) is 16.5. The van der Waals surface area contributed by atoms with Gasteiger partial charge >= 0.3 is 6.03 Å². The number of hydrogen-bond acceptors (Lipinski definition) is 2. The molecule has 0 saturated carbocycles. The molecule has 0 bridgehead atoms. The summed E-state index contributed by atoms with van der Waals surface area (Å²) in [5.41, 5.74) is 2.06. The van der Waals surface area contributed by atoms with E-state index in [0.717, 1.165) is 11.1 Å². The fourth-order valence-electron chi connectivity index (χ4n) is 2.08. The molecule has 23 heavy (non-hydrogen) atoms. The summed E-state index contributed by atoms with van der Waals surface area (Å²) >= 11 is 0. The minimum absolute atomic E-state index is 0.0239. The van der Waals surface area contributed by atoms with E-state index in [-0.39, 0.29) is 18.5 Å². The summed E-state index contributed by atoms with van der Waals surface area (Å²) in [5.74, 6) is -0.135. The molecule has 0 saturated heterocycles. The smallest absolute Gasteiger partial charge is 0.315 e. The van der Waals surface area contributed by atoms with Gasteiger partial charge in [-0.1, -0.05) is 60.7 Å². The molecule has 2 aromatic rings. The SMILES string of the molecule is CN(Cc1ccccc1)C(=O)CNC(=O)NCc1ccccc1. The fourth-order valence-corrected chi connectivity index (χ4v) is 2.08. The third-order valence-electron chi connectivity index (χ3n) is 3.38. The molecule has 2 rings (SSSR count). The van der Waals surface area contributed by atoms with Gasteiger partial charge in [-0.05, 0) is 11.1 Å². The molecule has 0 fully saturated rings. The minimum Gasteiger partial charge on any atom is -0.340 e. The quantitative estimate of drug-likeness (QED) is 0.858. The van der Waals surface area contributed by atoms with Crippen LogP contribution in [0.3, 0.4) is 0 Å². The van der Waals surface area contributed by atoms with Crippen molar-refractivity contribution in [1.82, 2.24) is 15.5 Å². The Morgan fingerprint density at radius 2 is 1.43 bits per heavy atom. The van der Waals surface area contributed by atoms with Crippen LogP contribution in [0.25, 0.3) is 0 Å². The predicted octanol–water partition coefficient (Wildman–Crippen LogP) is 2.14. The van der Waals surface area contributed by atoms with Crippen molar-refractivity contribution in [3.63, 3.8) is 0 Å². The van der Waals surface area contributed by atoms with Crippen LogP contribution in [-0.4, -0.2) is 30.4 Å². The second-order valence-corrected chi connectivity index (χ2v) is 5.26. The number of carbonyl (C=O) groups is 2. The summed E-state index contributed by atoms with van der Waals surface area (Å²) in [7, 11) is 1.72. The number of amides is 3. The van der Waals surface area contributed by atoms with Crippen LogP contribution in [0.4, 0.5) is 4.79 Å². The second-order valence-electron chi connectivity index (χ2n) is 5.26. The Labute approximate surface area is 136 Å². The lowest BCUT2D eigenvalue weighted by Crippen LogP contribution is -2.42. The topological polar surface area (TPSA) is 61.4 Å². The Hall–Kier alpha value is -2.82. The molecule has 0 atom stereocenters. The van der Waals surface area contributed by atoms with Crippen molar-refractivity contribution in [2.24, 2.45) is 0 Å². The molecule has 0 aliphatic rings. The third kappa shape index (κ3) is 5.82. The maximum Gasteiger partial charge on any atom is 0.315 e. The van der Waals surface area contributed by atoms with E-state index in [1.165, 1.54) is 0 Å². The number of rotatable bonds is 6. The van der Waals surface area contributed by atoms with Crippen LogP contribution in [0.1, 0.15) is 11.1 Å². The number of benzene rings is 2.